The van der Waals surface area contributed by atoms with Gasteiger partial charge in [-0.3, -0.25) is 4.98 Å². The number of carbonyl (C=O) groups excluding carboxylic acids is 1. The van der Waals surface area contributed by atoms with Gasteiger partial charge in [-0.1, -0.05) is 17.1 Å². The van der Waals surface area contributed by atoms with Crippen LogP contribution in [0, 0.1) is 0 Å². The summed E-state index contributed by atoms with van der Waals surface area (Å²) >= 11 is 1.60. The Bertz CT molecular complexity index is 738. The minimum absolute atomic E-state index is 0.965. The number of aromatic nitrogens is 3. The Balaban J connectivity index is 0.000000199. The Morgan fingerprint density at radius 1 is 1.33 bits per heavy atom. The first kappa shape index (κ1) is 15.0. The third-order valence-electron chi connectivity index (χ3n) is 2.41. The zero-order valence-electron chi connectivity index (χ0n) is 10.3. The number of nitrogens with one attached hydrogen (secondary N) is 1. The topological polar surface area (TPSA) is 72.7 Å². The average Bonchev–Trinajstić information content (AvgIpc) is 3.07. The van der Waals surface area contributed by atoms with Crippen LogP contribution in [0.5, 0.6) is 0 Å². The SMILES string of the molecule is O=C([O-])C(F)(F)F.c1ccc2c(c1)[nH]c[n+]2-c1cscn1. The molecule has 21 heavy (non-hydrogen) atoms. The first-order chi connectivity index (χ1) is 9.89. The number of thiazole rings is 1. The lowest BCUT2D eigenvalue weighted by Crippen LogP contribution is -2.37. The minimum atomic E-state index is -5.19. The molecule has 0 radical (unpaired) electrons. The van der Waals surface area contributed by atoms with Crippen LogP contribution >= 0.6 is 11.3 Å². The summed E-state index contributed by atoms with van der Waals surface area (Å²) in [5.74, 6) is -2.04. The summed E-state index contributed by atoms with van der Waals surface area (Å²) < 4.78 is 33.6. The average molecular weight is 315 g/mol. The largest absolute Gasteiger partial charge is 0.542 e. The Kier molecular flexibility index (Phi) is 4.22. The molecule has 1 aromatic carbocycles. The molecule has 0 aliphatic rings. The number of carboxylic acid groups (broad SMARTS) is 1. The molecule has 1 N–H and O–H groups in total. The van der Waals surface area contributed by atoms with Crippen LogP contribution in [0.25, 0.3) is 16.9 Å². The van der Waals surface area contributed by atoms with Gasteiger partial charge in [0.2, 0.25) is 0 Å². The van der Waals surface area contributed by atoms with E-state index in [1.165, 1.54) is 0 Å². The standard InChI is InChI=1S/C10H7N3S.C2HF3O2/c1-2-4-9-8(3-1)11-6-13(9)10-5-14-7-12-10;3-2(4,5)1(6)7/h1-7H;(H,6,7). The van der Waals surface area contributed by atoms with E-state index >= 15 is 0 Å². The second-order valence-corrected chi connectivity index (χ2v) is 4.51. The smallest absolute Gasteiger partial charge is 0.430 e. The van der Waals surface area contributed by atoms with Crippen molar-refractivity contribution in [3.05, 3.63) is 41.5 Å². The number of para-hydroxylation sites is 2. The molecule has 0 unspecified atom stereocenters. The number of carboxylic acids is 1. The van der Waals surface area contributed by atoms with Crippen LogP contribution in [-0.2, 0) is 4.79 Å². The molecular weight excluding hydrogens is 307 g/mol. The zero-order chi connectivity index (χ0) is 15.5. The van der Waals surface area contributed by atoms with Crippen molar-refractivity contribution in [3.8, 4) is 5.82 Å². The van der Waals surface area contributed by atoms with E-state index in [0.717, 1.165) is 16.9 Å². The highest BCUT2D eigenvalue weighted by Crippen LogP contribution is 2.11. The van der Waals surface area contributed by atoms with Crippen molar-refractivity contribution in [2.75, 3.05) is 0 Å². The number of halogens is 3. The molecule has 5 nitrogen and oxygen atoms in total. The number of aromatic amines is 1. The second-order valence-electron chi connectivity index (χ2n) is 3.79. The number of nitrogens with zero attached hydrogens (tertiary/aromatic N) is 2. The summed E-state index contributed by atoms with van der Waals surface area (Å²) in [6, 6.07) is 8.17. The highest BCUT2D eigenvalue weighted by atomic mass is 32.1. The van der Waals surface area contributed by atoms with Crippen LogP contribution in [0.3, 0.4) is 0 Å². The Morgan fingerprint density at radius 2 is 2.00 bits per heavy atom. The fourth-order valence-electron chi connectivity index (χ4n) is 1.52. The fraction of sp³-hybridized carbons (Fsp3) is 0.0833. The fourth-order valence-corrected chi connectivity index (χ4v) is 2.05. The van der Waals surface area contributed by atoms with Crippen molar-refractivity contribution in [2.45, 2.75) is 6.18 Å². The van der Waals surface area contributed by atoms with E-state index in [-0.39, 0.29) is 0 Å². The second kappa shape index (κ2) is 5.92. The highest BCUT2D eigenvalue weighted by molar-refractivity contribution is 7.07. The van der Waals surface area contributed by atoms with E-state index in [9.17, 15) is 13.2 Å². The molecule has 2 heterocycles. The lowest BCUT2D eigenvalue weighted by molar-refractivity contribution is -0.570. The number of hydrogen-bond acceptors (Lipinski definition) is 4. The molecule has 3 rings (SSSR count). The number of fused-ring (bicyclic) bond motifs is 1. The molecule has 2 aromatic heterocycles. The van der Waals surface area contributed by atoms with Gasteiger partial charge in [0, 0.05) is 0 Å². The van der Waals surface area contributed by atoms with E-state index in [4.69, 9.17) is 9.90 Å². The predicted molar refractivity (Wildman–Crippen MR) is 66.6 cm³/mol. The van der Waals surface area contributed by atoms with Crippen molar-refractivity contribution in [2.24, 2.45) is 0 Å². The van der Waals surface area contributed by atoms with Gasteiger partial charge in [0.25, 0.3) is 5.82 Å². The van der Waals surface area contributed by atoms with Crippen molar-refractivity contribution >= 4 is 28.3 Å². The highest BCUT2D eigenvalue weighted by Gasteiger charge is 2.28. The molecule has 0 fully saturated rings. The van der Waals surface area contributed by atoms with Gasteiger partial charge in [0.1, 0.15) is 17.0 Å². The summed E-state index contributed by atoms with van der Waals surface area (Å²) in [7, 11) is 0. The number of alkyl halides is 3. The molecule has 0 aliphatic heterocycles. The van der Waals surface area contributed by atoms with E-state index in [0.29, 0.717) is 0 Å². The Morgan fingerprint density at radius 3 is 2.57 bits per heavy atom. The lowest BCUT2D eigenvalue weighted by atomic mass is 10.3. The number of benzene rings is 1. The lowest BCUT2D eigenvalue weighted by Gasteiger charge is -2.03. The van der Waals surface area contributed by atoms with Crippen LogP contribution in [0.1, 0.15) is 0 Å². The van der Waals surface area contributed by atoms with Crippen LogP contribution in [-0.4, -0.2) is 22.1 Å². The quantitative estimate of drug-likeness (QED) is 0.686. The molecule has 3 aromatic rings. The van der Waals surface area contributed by atoms with Gasteiger partial charge in [-0.25, -0.2) is 0 Å². The van der Waals surface area contributed by atoms with E-state index < -0.39 is 12.1 Å². The van der Waals surface area contributed by atoms with E-state index in [1.807, 2.05) is 33.9 Å². The van der Waals surface area contributed by atoms with Gasteiger partial charge in [-0.15, -0.1) is 11.3 Å². The maximum absolute atomic E-state index is 10.5. The van der Waals surface area contributed by atoms with Crippen molar-refractivity contribution in [1.82, 2.24) is 9.97 Å². The van der Waals surface area contributed by atoms with Crippen LogP contribution < -0.4 is 9.67 Å². The number of imidazole rings is 1. The third-order valence-corrected chi connectivity index (χ3v) is 2.98. The summed E-state index contributed by atoms with van der Waals surface area (Å²) in [5.41, 5.74) is 4.11. The molecule has 0 saturated heterocycles. The van der Waals surface area contributed by atoms with E-state index in [1.54, 1.807) is 11.3 Å². The zero-order valence-corrected chi connectivity index (χ0v) is 11.1. The van der Waals surface area contributed by atoms with Crippen LogP contribution in [0.4, 0.5) is 13.2 Å². The third kappa shape index (κ3) is 3.57. The van der Waals surface area contributed by atoms with Crippen molar-refractivity contribution in [1.29, 1.82) is 0 Å². The number of rotatable bonds is 1. The first-order valence-electron chi connectivity index (χ1n) is 5.54. The summed E-state index contributed by atoms with van der Waals surface area (Å²) in [5, 5.41) is 10.8. The molecule has 0 bridgehead atoms. The van der Waals surface area contributed by atoms with Gasteiger partial charge < -0.3 is 9.90 Å². The molecule has 0 aliphatic carbocycles. The summed E-state index contributed by atoms with van der Waals surface area (Å²) in [4.78, 5) is 16.3. The van der Waals surface area contributed by atoms with Crippen LogP contribution in [0.2, 0.25) is 0 Å². The molecule has 0 atom stereocenters. The predicted octanol–water partition coefficient (Wildman–Crippen LogP) is 1.20. The van der Waals surface area contributed by atoms with Gasteiger partial charge in [0.15, 0.2) is 11.8 Å². The van der Waals surface area contributed by atoms with Gasteiger partial charge in [-0.05, 0) is 12.1 Å². The van der Waals surface area contributed by atoms with Crippen molar-refractivity contribution < 1.29 is 27.6 Å². The van der Waals surface area contributed by atoms with E-state index in [2.05, 4.69) is 22.1 Å². The molecule has 0 spiro atoms. The maximum atomic E-state index is 10.5. The normalized spacial score (nSPS) is 11.0. The maximum Gasteiger partial charge on any atom is 0.430 e. The van der Waals surface area contributed by atoms with Gasteiger partial charge in [-0.2, -0.15) is 17.7 Å². The Hall–Kier alpha value is -2.42. The first-order valence-corrected chi connectivity index (χ1v) is 6.48. The van der Waals surface area contributed by atoms with Crippen LogP contribution in [0.15, 0.2) is 41.5 Å². The van der Waals surface area contributed by atoms with Gasteiger partial charge >= 0.3 is 6.18 Å². The van der Waals surface area contributed by atoms with Gasteiger partial charge in [0.05, 0.1) is 5.38 Å². The molecular formula is C12H8F3N3O2S. The number of H-pyrrole nitrogens is 1. The number of aliphatic carboxylic acids is 1. The molecule has 9 heteroatoms. The number of hydrogen-bond donors (Lipinski definition) is 1. The monoisotopic (exact) mass is 315 g/mol. The van der Waals surface area contributed by atoms with Crippen molar-refractivity contribution in [3.63, 3.8) is 0 Å². The molecule has 110 valence electrons. The minimum Gasteiger partial charge on any atom is -0.542 e. The summed E-state index contributed by atoms with van der Waals surface area (Å²) in [6.45, 7) is 0. The summed E-state index contributed by atoms with van der Waals surface area (Å²) in [6.07, 6.45) is -3.26. The molecule has 0 saturated carbocycles. The molecule has 0 amide bonds. The Labute approximate surface area is 120 Å². The number of carbonyl (C=O) groups is 1.